The molecule has 3 heteroatoms. The van der Waals surface area contributed by atoms with Crippen LogP contribution < -0.4 is 5.32 Å². The Labute approximate surface area is 47.7 Å². The molecule has 2 N–H and O–H groups in total. The Morgan fingerprint density at radius 2 is 2.50 bits per heavy atom. The second-order valence-corrected chi connectivity index (χ2v) is 1.99. The Morgan fingerprint density at radius 3 is 2.75 bits per heavy atom. The van der Waals surface area contributed by atoms with Crippen molar-refractivity contribution in [3.63, 3.8) is 0 Å². The molecule has 1 atom stereocenters. The molecule has 0 amide bonds. The molecule has 1 rings (SSSR count). The zero-order chi connectivity index (χ0) is 5.98. The van der Waals surface area contributed by atoms with Gasteiger partial charge in [0.2, 0.25) is 0 Å². The van der Waals surface area contributed by atoms with Crippen LogP contribution in [0.4, 0.5) is 0 Å². The van der Waals surface area contributed by atoms with Crippen LogP contribution in [-0.2, 0) is 4.79 Å². The average Bonchev–Trinajstić information content (AvgIpc) is 2.12. The smallest absolute Gasteiger partial charge is 0.320 e. The number of carboxylic acid groups (broad SMARTS) is 1. The third-order valence-electron chi connectivity index (χ3n) is 1.36. The molecule has 0 radical (unpaired) electrons. The highest BCUT2D eigenvalue weighted by Crippen LogP contribution is 2.03. The van der Waals surface area contributed by atoms with Gasteiger partial charge in [-0.1, -0.05) is 0 Å². The van der Waals surface area contributed by atoms with Gasteiger partial charge >= 0.3 is 5.97 Å². The summed E-state index contributed by atoms with van der Waals surface area (Å²) in [6, 6.07) is -0.269. The summed E-state index contributed by atoms with van der Waals surface area (Å²) in [5, 5.41) is 11.2. The molecule has 0 saturated carbocycles. The van der Waals surface area contributed by atoms with Gasteiger partial charge in [-0.25, -0.2) is 0 Å². The van der Waals surface area contributed by atoms with Crippen LogP contribution in [0, 0.1) is 0 Å². The van der Waals surface area contributed by atoms with Gasteiger partial charge in [0.05, 0.1) is 0 Å². The van der Waals surface area contributed by atoms with Crippen molar-refractivity contribution in [1.82, 2.24) is 5.32 Å². The molecule has 3 nitrogen and oxygen atoms in total. The van der Waals surface area contributed by atoms with Crippen molar-refractivity contribution in [2.45, 2.75) is 18.9 Å². The van der Waals surface area contributed by atoms with E-state index in [0.29, 0.717) is 0 Å². The van der Waals surface area contributed by atoms with E-state index in [-0.39, 0.29) is 6.04 Å². The lowest BCUT2D eigenvalue weighted by Gasteiger charge is -1.99. The molecular weight excluding hydrogens is 107 g/mol. The summed E-state index contributed by atoms with van der Waals surface area (Å²) < 4.78 is 0. The average molecular weight is 116 g/mol. The van der Waals surface area contributed by atoms with Gasteiger partial charge in [0.25, 0.3) is 0 Å². The highest BCUT2D eigenvalue weighted by atomic mass is 16.5. The van der Waals surface area contributed by atoms with Crippen LogP contribution in [0.3, 0.4) is 0 Å². The van der Waals surface area contributed by atoms with Gasteiger partial charge in [0.15, 0.2) is 0 Å². The van der Waals surface area contributed by atoms with Crippen molar-refractivity contribution in [1.29, 1.82) is 0 Å². The first-order valence-corrected chi connectivity index (χ1v) is 2.77. The molecule has 0 aromatic carbocycles. The van der Waals surface area contributed by atoms with Gasteiger partial charge in [-0.2, -0.15) is 0 Å². The molecule has 1 fully saturated rings. The summed E-state index contributed by atoms with van der Waals surface area (Å²) in [5.74, 6) is -0.720. The van der Waals surface area contributed by atoms with Gasteiger partial charge in [0.1, 0.15) is 6.04 Å². The molecule has 8 heavy (non-hydrogen) atoms. The monoisotopic (exact) mass is 116 g/mol. The van der Waals surface area contributed by atoms with Crippen LogP contribution in [0.2, 0.25) is 0 Å². The Morgan fingerprint density at radius 1 is 1.75 bits per heavy atom. The van der Waals surface area contributed by atoms with Gasteiger partial charge < -0.3 is 10.4 Å². The molecule has 0 spiro atoms. The summed E-state index contributed by atoms with van der Waals surface area (Å²) in [4.78, 5) is 10.1. The Bertz CT molecular complexity index is 96.6. The molecule has 0 unspecified atom stereocenters. The molecule has 0 aliphatic carbocycles. The van der Waals surface area contributed by atoms with E-state index in [1.807, 2.05) is 0 Å². The van der Waals surface area contributed by atoms with Crippen LogP contribution in [0.1, 0.15) is 12.8 Å². The van der Waals surface area contributed by atoms with E-state index in [9.17, 15) is 4.79 Å². The normalized spacial score (nSPS) is 28.2. The van der Waals surface area contributed by atoms with Crippen molar-refractivity contribution in [3.05, 3.63) is 0 Å². The van der Waals surface area contributed by atoms with E-state index in [4.69, 9.17) is 5.11 Å². The van der Waals surface area contributed by atoms with Crippen molar-refractivity contribution in [2.24, 2.45) is 0 Å². The minimum Gasteiger partial charge on any atom is -0.480 e. The van der Waals surface area contributed by atoms with E-state index < -0.39 is 5.97 Å². The lowest BCUT2D eigenvalue weighted by Crippen LogP contribution is -2.29. The minimum atomic E-state index is -0.720. The minimum absolute atomic E-state index is 0.269. The standard InChI is InChI=1S/C5H9NO2/c7-5(8)4-2-1-3-6-4/h4,6H,1-3H2,(H,7,8)/t4-/m1/s1/i5+1. The SMILES string of the molecule is O=[13C](O)[C@H]1CCCN1. The molecule has 1 aliphatic rings. The van der Waals surface area contributed by atoms with Crippen LogP contribution in [-0.4, -0.2) is 23.7 Å². The highest BCUT2D eigenvalue weighted by Gasteiger charge is 2.20. The number of carboxylic acids is 1. The Hall–Kier alpha value is -0.570. The van der Waals surface area contributed by atoms with Crippen LogP contribution >= 0.6 is 0 Å². The Kier molecular flexibility index (Phi) is 1.48. The van der Waals surface area contributed by atoms with E-state index in [1.165, 1.54) is 0 Å². The fourth-order valence-corrected chi connectivity index (χ4v) is 0.895. The maximum absolute atomic E-state index is 10.1. The summed E-state index contributed by atoms with van der Waals surface area (Å²) in [5.41, 5.74) is 0. The summed E-state index contributed by atoms with van der Waals surface area (Å²) in [6.45, 7) is 0.858. The van der Waals surface area contributed by atoms with Crippen LogP contribution in [0.5, 0.6) is 0 Å². The van der Waals surface area contributed by atoms with Crippen molar-refractivity contribution in [2.75, 3.05) is 6.54 Å². The molecular formula is C5H9NO2. The van der Waals surface area contributed by atoms with Gasteiger partial charge in [-0.3, -0.25) is 4.79 Å². The third kappa shape index (κ3) is 0.980. The lowest BCUT2D eigenvalue weighted by molar-refractivity contribution is -0.139. The Balaban J connectivity index is 2.35. The summed E-state index contributed by atoms with van der Waals surface area (Å²) >= 11 is 0. The molecule has 1 heterocycles. The van der Waals surface area contributed by atoms with Gasteiger partial charge in [0, 0.05) is 0 Å². The number of rotatable bonds is 1. The van der Waals surface area contributed by atoms with Gasteiger partial charge in [-0.05, 0) is 19.4 Å². The van der Waals surface area contributed by atoms with Crippen LogP contribution in [0.15, 0.2) is 0 Å². The quantitative estimate of drug-likeness (QED) is 0.467. The van der Waals surface area contributed by atoms with E-state index in [0.717, 1.165) is 19.4 Å². The fourth-order valence-electron chi connectivity index (χ4n) is 0.895. The second-order valence-electron chi connectivity index (χ2n) is 1.99. The first kappa shape index (κ1) is 5.56. The topological polar surface area (TPSA) is 49.3 Å². The van der Waals surface area contributed by atoms with Crippen molar-refractivity contribution >= 4 is 5.97 Å². The molecule has 1 aliphatic heterocycles. The van der Waals surface area contributed by atoms with E-state index in [1.54, 1.807) is 0 Å². The second kappa shape index (κ2) is 2.13. The lowest BCUT2D eigenvalue weighted by atomic mass is 10.3. The first-order chi connectivity index (χ1) is 3.80. The van der Waals surface area contributed by atoms with Gasteiger partial charge in [-0.15, -0.1) is 0 Å². The predicted molar refractivity (Wildman–Crippen MR) is 28.7 cm³/mol. The summed E-state index contributed by atoms with van der Waals surface area (Å²) in [7, 11) is 0. The number of hydrogen-bond acceptors (Lipinski definition) is 2. The molecule has 0 aromatic heterocycles. The number of carbonyl (C=O) groups is 1. The summed E-state index contributed by atoms with van der Waals surface area (Å²) in [6.07, 6.45) is 1.78. The molecule has 1 saturated heterocycles. The molecule has 0 bridgehead atoms. The number of hydrogen-bond donors (Lipinski definition) is 2. The first-order valence-electron chi connectivity index (χ1n) is 2.77. The van der Waals surface area contributed by atoms with Crippen molar-refractivity contribution < 1.29 is 9.90 Å². The zero-order valence-corrected chi connectivity index (χ0v) is 4.55. The van der Waals surface area contributed by atoms with Crippen LogP contribution in [0.25, 0.3) is 0 Å². The number of nitrogens with one attached hydrogen (secondary N) is 1. The fraction of sp³-hybridized carbons (Fsp3) is 0.800. The zero-order valence-electron chi connectivity index (χ0n) is 4.55. The number of aliphatic carboxylic acids is 1. The molecule has 0 aromatic rings. The molecule has 46 valence electrons. The van der Waals surface area contributed by atoms with E-state index in [2.05, 4.69) is 5.32 Å². The maximum Gasteiger partial charge on any atom is 0.320 e. The maximum atomic E-state index is 10.1. The highest BCUT2D eigenvalue weighted by molar-refractivity contribution is 5.73. The van der Waals surface area contributed by atoms with Crippen molar-refractivity contribution in [3.8, 4) is 0 Å². The van der Waals surface area contributed by atoms with E-state index >= 15 is 0 Å². The third-order valence-corrected chi connectivity index (χ3v) is 1.36. The largest absolute Gasteiger partial charge is 0.480 e. The predicted octanol–water partition coefficient (Wildman–Crippen LogP) is -0.177.